The lowest BCUT2D eigenvalue weighted by Crippen LogP contribution is -2.37. The number of methoxy groups -OCH3 is 1. The molecule has 7 heteroatoms. The minimum absolute atomic E-state index is 0.0336. The molecule has 2 fully saturated rings. The van der Waals surface area contributed by atoms with Gasteiger partial charge in [-0.2, -0.15) is 0 Å². The third-order valence-corrected chi connectivity index (χ3v) is 5.93. The number of anilines is 1. The van der Waals surface area contributed by atoms with Crippen LogP contribution in [0.15, 0.2) is 42.5 Å². The van der Waals surface area contributed by atoms with Gasteiger partial charge in [0.15, 0.2) is 0 Å². The van der Waals surface area contributed by atoms with E-state index in [1.807, 2.05) is 4.90 Å². The highest BCUT2D eigenvalue weighted by molar-refractivity contribution is 6.31. The van der Waals surface area contributed by atoms with Crippen LogP contribution in [0.3, 0.4) is 0 Å². The molecule has 0 aromatic heterocycles. The first-order chi connectivity index (χ1) is 14.0. The van der Waals surface area contributed by atoms with Gasteiger partial charge in [0, 0.05) is 24.5 Å². The van der Waals surface area contributed by atoms with Crippen LogP contribution in [-0.4, -0.2) is 36.9 Å². The number of carbonyl (C=O) groups excluding carboxylic acids is 2. The van der Waals surface area contributed by atoms with Gasteiger partial charge in [0.1, 0.15) is 11.6 Å². The van der Waals surface area contributed by atoms with Crippen LogP contribution in [0.25, 0.3) is 0 Å². The Morgan fingerprint density at radius 3 is 2.69 bits per heavy atom. The quantitative estimate of drug-likeness (QED) is 0.750. The zero-order valence-corrected chi connectivity index (χ0v) is 16.9. The van der Waals surface area contributed by atoms with E-state index >= 15 is 0 Å². The first-order valence-corrected chi connectivity index (χ1v) is 10.1. The van der Waals surface area contributed by atoms with Crippen LogP contribution >= 0.6 is 11.6 Å². The predicted octanol–water partition coefficient (Wildman–Crippen LogP) is 4.20. The molecular weight excluding hydrogens is 395 g/mol. The third kappa shape index (κ3) is 3.81. The van der Waals surface area contributed by atoms with Crippen LogP contribution in [0, 0.1) is 11.7 Å². The largest absolute Gasteiger partial charge is 0.495 e. The van der Waals surface area contributed by atoms with E-state index in [-0.39, 0.29) is 30.1 Å². The van der Waals surface area contributed by atoms with Crippen molar-refractivity contribution in [2.75, 3.05) is 25.1 Å². The molecule has 0 saturated carbocycles. The zero-order chi connectivity index (χ0) is 20.5. The summed E-state index contributed by atoms with van der Waals surface area (Å²) in [6.07, 6.45) is 1.88. The van der Waals surface area contributed by atoms with Crippen LogP contribution in [-0.2, 0) is 9.59 Å². The van der Waals surface area contributed by atoms with Gasteiger partial charge >= 0.3 is 0 Å². The van der Waals surface area contributed by atoms with E-state index in [2.05, 4.69) is 0 Å². The predicted molar refractivity (Wildman–Crippen MR) is 109 cm³/mol. The number of carbonyl (C=O) groups is 2. The zero-order valence-electron chi connectivity index (χ0n) is 16.1. The normalized spacial score (nSPS) is 21.7. The first-order valence-electron chi connectivity index (χ1n) is 9.68. The van der Waals surface area contributed by atoms with Gasteiger partial charge < -0.3 is 14.5 Å². The van der Waals surface area contributed by atoms with Crippen molar-refractivity contribution < 1.29 is 18.7 Å². The summed E-state index contributed by atoms with van der Waals surface area (Å²) in [5, 5.41) is 0.499. The molecule has 0 bridgehead atoms. The van der Waals surface area contributed by atoms with Gasteiger partial charge in [-0.3, -0.25) is 9.59 Å². The minimum Gasteiger partial charge on any atom is -0.495 e. The van der Waals surface area contributed by atoms with E-state index in [9.17, 15) is 14.0 Å². The number of ether oxygens (including phenoxy) is 1. The van der Waals surface area contributed by atoms with Crippen LogP contribution in [0.1, 0.15) is 30.9 Å². The molecule has 2 unspecified atom stereocenters. The summed E-state index contributed by atoms with van der Waals surface area (Å²) >= 11 is 6.11. The minimum atomic E-state index is -0.424. The molecule has 0 radical (unpaired) electrons. The standard InChI is InChI=1S/C22H22ClFN2O3/c1-29-20-9-6-16(23)12-19(20)26-13-15(11-21(26)27)22(28)25-10-2-3-18(25)14-4-7-17(24)8-5-14/h4-9,12,15,18H,2-3,10-11,13H2,1H3. The van der Waals surface area contributed by atoms with E-state index in [4.69, 9.17) is 16.3 Å². The molecule has 4 rings (SSSR count). The van der Waals surface area contributed by atoms with E-state index in [1.165, 1.54) is 19.2 Å². The first kappa shape index (κ1) is 19.7. The van der Waals surface area contributed by atoms with E-state index in [0.717, 1.165) is 18.4 Å². The number of rotatable bonds is 4. The van der Waals surface area contributed by atoms with E-state index < -0.39 is 5.92 Å². The summed E-state index contributed by atoms with van der Waals surface area (Å²) in [5.74, 6) is -0.333. The molecule has 29 heavy (non-hydrogen) atoms. The highest BCUT2D eigenvalue weighted by atomic mass is 35.5. The lowest BCUT2D eigenvalue weighted by molar-refractivity contribution is -0.136. The van der Waals surface area contributed by atoms with Crippen LogP contribution in [0.4, 0.5) is 10.1 Å². The topological polar surface area (TPSA) is 49.9 Å². The number of nitrogens with zero attached hydrogens (tertiary/aromatic N) is 2. The number of hydrogen-bond acceptors (Lipinski definition) is 3. The number of halogens is 2. The number of likely N-dealkylation sites (tertiary alicyclic amines) is 1. The van der Waals surface area contributed by atoms with Gasteiger partial charge in [-0.15, -0.1) is 0 Å². The Hall–Kier alpha value is -2.60. The second-order valence-corrected chi connectivity index (χ2v) is 7.90. The maximum absolute atomic E-state index is 13.3. The van der Waals surface area contributed by atoms with Gasteiger partial charge in [0.25, 0.3) is 0 Å². The Balaban J connectivity index is 1.53. The molecule has 2 saturated heterocycles. The fourth-order valence-corrected chi connectivity index (χ4v) is 4.44. The summed E-state index contributed by atoms with van der Waals surface area (Å²) in [5.41, 5.74) is 1.51. The van der Waals surface area contributed by atoms with Crippen LogP contribution < -0.4 is 9.64 Å². The molecule has 0 aliphatic carbocycles. The molecule has 2 aromatic carbocycles. The lowest BCUT2D eigenvalue weighted by atomic mass is 10.0. The molecule has 2 aromatic rings. The molecule has 152 valence electrons. The van der Waals surface area contributed by atoms with Crippen molar-refractivity contribution in [2.45, 2.75) is 25.3 Å². The summed E-state index contributed by atoms with van der Waals surface area (Å²) < 4.78 is 18.6. The van der Waals surface area contributed by atoms with Gasteiger partial charge in [-0.1, -0.05) is 23.7 Å². The van der Waals surface area contributed by atoms with Crippen molar-refractivity contribution in [3.05, 3.63) is 58.9 Å². The molecule has 2 heterocycles. The fourth-order valence-electron chi connectivity index (χ4n) is 4.28. The molecule has 5 nitrogen and oxygen atoms in total. The summed E-state index contributed by atoms with van der Waals surface area (Å²) in [6, 6.07) is 11.3. The fraction of sp³-hybridized carbons (Fsp3) is 0.364. The second-order valence-electron chi connectivity index (χ2n) is 7.46. The van der Waals surface area contributed by atoms with E-state index in [1.54, 1.807) is 35.2 Å². The monoisotopic (exact) mass is 416 g/mol. The Bertz CT molecular complexity index is 934. The Morgan fingerprint density at radius 2 is 1.97 bits per heavy atom. The van der Waals surface area contributed by atoms with Gasteiger partial charge in [0.2, 0.25) is 11.8 Å². The Morgan fingerprint density at radius 1 is 1.21 bits per heavy atom. The van der Waals surface area contributed by atoms with Crippen molar-refractivity contribution in [1.29, 1.82) is 0 Å². The Kier molecular flexibility index (Phi) is 5.46. The number of hydrogen-bond donors (Lipinski definition) is 0. The summed E-state index contributed by atoms with van der Waals surface area (Å²) in [6.45, 7) is 0.938. The van der Waals surface area contributed by atoms with Crippen LogP contribution in [0.5, 0.6) is 5.75 Å². The highest BCUT2D eigenvalue weighted by Gasteiger charge is 2.41. The van der Waals surface area contributed by atoms with Gasteiger partial charge in [-0.05, 0) is 48.7 Å². The molecule has 0 spiro atoms. The highest BCUT2D eigenvalue weighted by Crippen LogP contribution is 2.38. The van der Waals surface area contributed by atoms with E-state index in [0.29, 0.717) is 29.5 Å². The SMILES string of the molecule is COc1ccc(Cl)cc1N1CC(C(=O)N2CCCC2c2ccc(F)cc2)CC1=O. The summed E-state index contributed by atoms with van der Waals surface area (Å²) in [7, 11) is 1.54. The van der Waals surface area contributed by atoms with Crippen molar-refractivity contribution in [1.82, 2.24) is 4.90 Å². The van der Waals surface area contributed by atoms with Crippen molar-refractivity contribution >= 4 is 29.1 Å². The molecule has 0 N–H and O–H groups in total. The van der Waals surface area contributed by atoms with Gasteiger partial charge in [-0.25, -0.2) is 4.39 Å². The lowest BCUT2D eigenvalue weighted by Gasteiger charge is -2.28. The maximum Gasteiger partial charge on any atom is 0.228 e. The van der Waals surface area contributed by atoms with Crippen molar-refractivity contribution in [2.24, 2.45) is 5.92 Å². The van der Waals surface area contributed by atoms with Gasteiger partial charge in [0.05, 0.1) is 24.8 Å². The Labute approximate surface area is 174 Å². The maximum atomic E-state index is 13.3. The number of amides is 2. The molecular formula is C22H22ClFN2O3. The van der Waals surface area contributed by atoms with Crippen molar-refractivity contribution in [3.8, 4) is 5.75 Å². The molecule has 2 aliphatic rings. The van der Waals surface area contributed by atoms with Crippen molar-refractivity contribution in [3.63, 3.8) is 0 Å². The molecule has 2 atom stereocenters. The average Bonchev–Trinajstić information content (AvgIpc) is 3.35. The molecule has 2 aliphatic heterocycles. The third-order valence-electron chi connectivity index (χ3n) is 5.70. The smallest absolute Gasteiger partial charge is 0.228 e. The second kappa shape index (κ2) is 8.03. The molecule has 2 amide bonds. The summed E-state index contributed by atoms with van der Waals surface area (Å²) in [4.78, 5) is 29.4. The average molecular weight is 417 g/mol. The van der Waals surface area contributed by atoms with Crippen LogP contribution in [0.2, 0.25) is 5.02 Å². The number of benzene rings is 2.